The van der Waals surface area contributed by atoms with Crippen LogP contribution in [0.1, 0.15) is 10.4 Å². The van der Waals surface area contributed by atoms with Gasteiger partial charge in [-0.1, -0.05) is 12.1 Å². The number of hydrogen-bond donors (Lipinski definition) is 3. The van der Waals surface area contributed by atoms with E-state index >= 15 is 0 Å². The van der Waals surface area contributed by atoms with E-state index in [-0.39, 0.29) is 17.1 Å². The molecule has 0 aliphatic heterocycles. The fourth-order valence-corrected chi connectivity index (χ4v) is 1.44. The summed E-state index contributed by atoms with van der Waals surface area (Å²) in [5, 5.41) is 11.4. The van der Waals surface area contributed by atoms with Crippen LogP contribution < -0.4 is 10.9 Å². The van der Waals surface area contributed by atoms with Crippen molar-refractivity contribution in [2.75, 3.05) is 5.32 Å². The fourth-order valence-electron chi connectivity index (χ4n) is 1.44. The average molecular weight is 248 g/mol. The molecule has 0 bridgehead atoms. The quantitative estimate of drug-likeness (QED) is 0.775. The van der Waals surface area contributed by atoms with Crippen LogP contribution in [-0.2, 0) is 0 Å². The van der Waals surface area contributed by atoms with Crippen LogP contribution in [0, 0.1) is 5.82 Å². The first-order chi connectivity index (χ1) is 8.56. The lowest BCUT2D eigenvalue weighted by Gasteiger charge is -2.07. The first-order valence-corrected chi connectivity index (χ1v) is 5.05. The molecule has 6 heteroatoms. The molecule has 0 radical (unpaired) electrons. The van der Waals surface area contributed by atoms with Crippen LogP contribution in [0.2, 0.25) is 0 Å². The van der Waals surface area contributed by atoms with E-state index in [0.717, 1.165) is 6.07 Å². The minimum Gasteiger partial charge on any atom is -0.478 e. The number of carboxylic acids is 1. The van der Waals surface area contributed by atoms with E-state index in [1.54, 1.807) is 6.07 Å². The largest absolute Gasteiger partial charge is 0.478 e. The Kier molecular flexibility index (Phi) is 3.09. The fraction of sp³-hybridized carbons (Fsp3) is 0. The topological polar surface area (TPSA) is 82.2 Å². The molecule has 5 nitrogen and oxygen atoms in total. The summed E-state index contributed by atoms with van der Waals surface area (Å²) >= 11 is 0. The predicted octanol–water partition coefficient (Wildman–Crippen LogP) is 1.96. The van der Waals surface area contributed by atoms with E-state index in [2.05, 4.69) is 10.3 Å². The van der Waals surface area contributed by atoms with Gasteiger partial charge in [-0.3, -0.25) is 4.79 Å². The minimum absolute atomic E-state index is 0.116. The molecule has 1 aromatic carbocycles. The maximum Gasteiger partial charge on any atom is 0.336 e. The molecule has 18 heavy (non-hydrogen) atoms. The van der Waals surface area contributed by atoms with Crippen molar-refractivity contribution in [2.45, 2.75) is 0 Å². The molecule has 3 N–H and O–H groups in total. The van der Waals surface area contributed by atoms with Crippen molar-refractivity contribution in [1.82, 2.24) is 4.98 Å². The highest BCUT2D eigenvalue weighted by atomic mass is 19.1. The number of pyridine rings is 1. The number of carbonyl (C=O) groups is 1. The van der Waals surface area contributed by atoms with Gasteiger partial charge in [0, 0.05) is 6.07 Å². The summed E-state index contributed by atoms with van der Waals surface area (Å²) < 4.78 is 13.4. The van der Waals surface area contributed by atoms with Gasteiger partial charge in [-0.25, -0.2) is 9.18 Å². The van der Waals surface area contributed by atoms with E-state index in [0.29, 0.717) is 0 Å². The number of para-hydroxylation sites is 1. The lowest BCUT2D eigenvalue weighted by atomic mass is 10.2. The van der Waals surface area contributed by atoms with Crippen LogP contribution in [0.15, 0.2) is 41.2 Å². The third-order valence-corrected chi connectivity index (χ3v) is 2.23. The van der Waals surface area contributed by atoms with Crippen LogP contribution in [-0.4, -0.2) is 16.1 Å². The lowest BCUT2D eigenvalue weighted by molar-refractivity contribution is 0.0696. The monoisotopic (exact) mass is 248 g/mol. The molecule has 0 aliphatic carbocycles. The molecule has 92 valence electrons. The van der Waals surface area contributed by atoms with Crippen LogP contribution in [0.25, 0.3) is 0 Å². The van der Waals surface area contributed by atoms with Gasteiger partial charge < -0.3 is 15.4 Å². The Balaban J connectivity index is 2.38. The van der Waals surface area contributed by atoms with Crippen molar-refractivity contribution in [1.29, 1.82) is 0 Å². The van der Waals surface area contributed by atoms with Gasteiger partial charge >= 0.3 is 5.97 Å². The highest BCUT2D eigenvalue weighted by Crippen LogP contribution is 2.17. The Morgan fingerprint density at radius 1 is 1.28 bits per heavy atom. The second-order valence-electron chi connectivity index (χ2n) is 3.56. The third kappa shape index (κ3) is 2.54. The van der Waals surface area contributed by atoms with Gasteiger partial charge in [0.05, 0.1) is 11.3 Å². The van der Waals surface area contributed by atoms with Crippen molar-refractivity contribution in [3.63, 3.8) is 0 Å². The summed E-state index contributed by atoms with van der Waals surface area (Å²) in [6.45, 7) is 0. The average Bonchev–Trinajstić information content (AvgIpc) is 2.31. The molecule has 0 saturated heterocycles. The van der Waals surface area contributed by atoms with E-state index in [9.17, 15) is 14.0 Å². The van der Waals surface area contributed by atoms with Crippen molar-refractivity contribution >= 4 is 17.5 Å². The molecular weight excluding hydrogens is 239 g/mol. The zero-order valence-electron chi connectivity index (χ0n) is 9.11. The van der Waals surface area contributed by atoms with E-state index in [4.69, 9.17) is 5.11 Å². The first-order valence-electron chi connectivity index (χ1n) is 5.05. The Hall–Kier alpha value is -2.63. The predicted molar refractivity (Wildman–Crippen MR) is 63.7 cm³/mol. The van der Waals surface area contributed by atoms with E-state index in [1.165, 1.54) is 24.3 Å². The smallest absolute Gasteiger partial charge is 0.336 e. The van der Waals surface area contributed by atoms with Crippen molar-refractivity contribution in [3.8, 4) is 0 Å². The van der Waals surface area contributed by atoms with Gasteiger partial charge in [-0.2, -0.15) is 0 Å². The molecule has 0 fully saturated rings. The number of aromatic amines is 1. The number of carboxylic acid groups (broad SMARTS) is 1. The van der Waals surface area contributed by atoms with E-state index < -0.39 is 17.3 Å². The van der Waals surface area contributed by atoms with Crippen molar-refractivity contribution in [3.05, 3.63) is 58.1 Å². The second kappa shape index (κ2) is 4.70. The molecule has 0 amide bonds. The lowest BCUT2D eigenvalue weighted by Crippen LogP contribution is -2.11. The number of anilines is 2. The maximum absolute atomic E-state index is 13.4. The van der Waals surface area contributed by atoms with Crippen LogP contribution in [0.3, 0.4) is 0 Å². The van der Waals surface area contributed by atoms with Gasteiger partial charge in [0.15, 0.2) is 0 Å². The maximum atomic E-state index is 13.4. The number of nitrogens with one attached hydrogen (secondary N) is 2. The number of halogens is 1. The summed E-state index contributed by atoms with van der Waals surface area (Å²) in [6, 6.07) is 8.04. The molecule has 0 unspecified atom stereocenters. The van der Waals surface area contributed by atoms with Gasteiger partial charge in [-0.15, -0.1) is 0 Å². The summed E-state index contributed by atoms with van der Waals surface area (Å²) in [7, 11) is 0. The summed E-state index contributed by atoms with van der Waals surface area (Å²) in [5.41, 5.74) is -0.595. The number of benzene rings is 1. The summed E-state index contributed by atoms with van der Waals surface area (Å²) in [5.74, 6) is -1.61. The molecule has 0 saturated carbocycles. The van der Waals surface area contributed by atoms with E-state index in [1.807, 2.05) is 0 Å². The third-order valence-electron chi connectivity index (χ3n) is 2.23. The Bertz CT molecular complexity index is 652. The molecule has 2 rings (SSSR count). The highest BCUT2D eigenvalue weighted by molar-refractivity contribution is 5.88. The number of aromatic nitrogens is 1. The van der Waals surface area contributed by atoms with Gasteiger partial charge in [0.25, 0.3) is 0 Å². The number of rotatable bonds is 3. The molecule has 0 atom stereocenters. The zero-order valence-corrected chi connectivity index (χ0v) is 9.11. The van der Waals surface area contributed by atoms with Crippen LogP contribution in [0.5, 0.6) is 0 Å². The Morgan fingerprint density at radius 3 is 2.67 bits per heavy atom. The molecule has 0 spiro atoms. The standard InChI is InChI=1S/C12H9FN2O3/c13-8-3-1-2-4-9(8)14-10-5-7(12(17)18)6-11(16)15-10/h1-6H,(H,17,18)(H2,14,15,16). The van der Waals surface area contributed by atoms with Gasteiger partial charge in [0.1, 0.15) is 11.6 Å². The SMILES string of the molecule is O=C(O)c1cc(Nc2ccccc2F)[nH]c(=O)c1. The normalized spacial score (nSPS) is 10.1. The molecule has 1 heterocycles. The number of H-pyrrole nitrogens is 1. The van der Waals surface area contributed by atoms with Gasteiger partial charge in [0.2, 0.25) is 5.56 Å². The molecule has 0 aliphatic rings. The minimum atomic E-state index is -1.22. The van der Waals surface area contributed by atoms with Crippen LogP contribution in [0.4, 0.5) is 15.9 Å². The second-order valence-corrected chi connectivity index (χ2v) is 3.56. The van der Waals surface area contributed by atoms with Crippen LogP contribution >= 0.6 is 0 Å². The number of aromatic carboxylic acids is 1. The van der Waals surface area contributed by atoms with Crippen molar-refractivity contribution < 1.29 is 14.3 Å². The molecule has 2 aromatic rings. The van der Waals surface area contributed by atoms with Crippen molar-refractivity contribution in [2.24, 2.45) is 0 Å². The zero-order chi connectivity index (χ0) is 13.1. The van der Waals surface area contributed by atoms with Gasteiger partial charge in [-0.05, 0) is 18.2 Å². The summed E-state index contributed by atoms with van der Waals surface area (Å²) in [6.07, 6.45) is 0. The Morgan fingerprint density at radius 2 is 2.00 bits per heavy atom. The highest BCUT2D eigenvalue weighted by Gasteiger charge is 2.07. The first kappa shape index (κ1) is 11.8. The molecule has 1 aromatic heterocycles. The number of hydrogen-bond acceptors (Lipinski definition) is 3. The summed E-state index contributed by atoms with van der Waals surface area (Å²) in [4.78, 5) is 24.4. The Labute approximate surface area is 101 Å². The molecular formula is C12H9FN2O3.